The largest absolute Gasteiger partial charge is 0.326 e. The smallest absolute Gasteiger partial charge is 0.240 e. The van der Waals surface area contributed by atoms with Crippen LogP contribution in [-0.2, 0) is 16.0 Å². The molecule has 0 atom stereocenters. The highest BCUT2D eigenvalue weighted by Crippen LogP contribution is 2.11. The Hall–Kier alpha value is -2.22. The van der Waals surface area contributed by atoms with Crippen LogP contribution in [0.5, 0.6) is 0 Å². The first kappa shape index (κ1) is 19.1. The maximum absolute atomic E-state index is 11.9. The summed E-state index contributed by atoms with van der Waals surface area (Å²) < 4.78 is 1.10. The molecule has 0 heterocycles. The van der Waals surface area contributed by atoms with Crippen LogP contribution in [0.2, 0.25) is 0 Å². The molecule has 0 saturated carbocycles. The van der Waals surface area contributed by atoms with Gasteiger partial charge in [0.2, 0.25) is 11.8 Å². The molecule has 0 aromatic heterocycles. The second-order valence-electron chi connectivity index (χ2n) is 5.60. The molecule has 0 radical (unpaired) electrons. The zero-order chi connectivity index (χ0) is 18.1. The van der Waals surface area contributed by atoms with E-state index in [0.29, 0.717) is 6.42 Å². The predicted octanol–water partition coefficient (Wildman–Crippen LogP) is 3.74. The molecule has 0 bridgehead atoms. The maximum atomic E-state index is 11.9. The number of hydrogen-bond acceptors (Lipinski definition) is 3. The van der Waals surface area contributed by atoms with Crippen LogP contribution < -0.4 is 10.7 Å². The number of carbonyl (C=O) groups is 2. The van der Waals surface area contributed by atoms with Gasteiger partial charge in [0.05, 0.1) is 0 Å². The Balaban J connectivity index is 1.71. The second kappa shape index (κ2) is 9.93. The zero-order valence-corrected chi connectivity index (χ0v) is 16.1. The van der Waals surface area contributed by atoms with Crippen molar-refractivity contribution in [3.8, 4) is 0 Å². The van der Waals surface area contributed by atoms with Gasteiger partial charge in [-0.25, -0.2) is 5.43 Å². The fourth-order valence-electron chi connectivity index (χ4n) is 2.13. The molecule has 2 aromatic carbocycles. The number of nitrogens with zero attached hydrogens (tertiary/aromatic N) is 1. The molecule has 0 unspecified atom stereocenters. The van der Waals surface area contributed by atoms with Crippen LogP contribution in [0.4, 0.5) is 5.69 Å². The van der Waals surface area contributed by atoms with Gasteiger partial charge in [0.1, 0.15) is 0 Å². The standard InChI is InChI=1S/C19H20IN3O2/c1-14(13-15-5-3-2-4-6-15)22-23-19(25)12-11-18(24)21-17-9-7-16(20)8-10-17/h2-10H,11-13H2,1H3,(H,21,24)(H,23,25). The molecule has 0 spiro atoms. The number of carbonyl (C=O) groups excluding carboxylic acids is 2. The summed E-state index contributed by atoms with van der Waals surface area (Å²) in [4.78, 5) is 23.7. The monoisotopic (exact) mass is 449 g/mol. The zero-order valence-electron chi connectivity index (χ0n) is 14.0. The van der Waals surface area contributed by atoms with Crippen LogP contribution in [0.15, 0.2) is 59.7 Å². The molecule has 0 aliphatic rings. The third kappa shape index (κ3) is 7.47. The molecule has 5 nitrogen and oxygen atoms in total. The van der Waals surface area contributed by atoms with E-state index in [9.17, 15) is 9.59 Å². The Bertz CT molecular complexity index is 743. The number of rotatable bonds is 7. The van der Waals surface area contributed by atoms with Gasteiger partial charge >= 0.3 is 0 Å². The summed E-state index contributed by atoms with van der Waals surface area (Å²) in [5.74, 6) is -0.466. The molecule has 6 heteroatoms. The van der Waals surface area contributed by atoms with Crippen LogP contribution in [0.1, 0.15) is 25.3 Å². The van der Waals surface area contributed by atoms with E-state index in [4.69, 9.17) is 0 Å². The SMILES string of the molecule is CC(Cc1ccccc1)=NNC(=O)CCC(=O)Nc1ccc(I)cc1. The van der Waals surface area contributed by atoms with E-state index in [1.807, 2.05) is 61.5 Å². The third-order valence-electron chi connectivity index (χ3n) is 3.38. The maximum Gasteiger partial charge on any atom is 0.240 e. The van der Waals surface area contributed by atoms with Crippen molar-refractivity contribution in [1.82, 2.24) is 5.43 Å². The summed E-state index contributed by atoms with van der Waals surface area (Å²) in [6.07, 6.45) is 0.887. The topological polar surface area (TPSA) is 70.6 Å². The van der Waals surface area contributed by atoms with E-state index >= 15 is 0 Å². The number of anilines is 1. The highest BCUT2D eigenvalue weighted by Gasteiger charge is 2.07. The van der Waals surface area contributed by atoms with E-state index in [-0.39, 0.29) is 24.7 Å². The van der Waals surface area contributed by atoms with Crippen LogP contribution in [0.25, 0.3) is 0 Å². The van der Waals surface area contributed by atoms with E-state index in [0.717, 1.165) is 20.5 Å². The second-order valence-corrected chi connectivity index (χ2v) is 6.85. The first-order valence-electron chi connectivity index (χ1n) is 7.94. The van der Waals surface area contributed by atoms with Crippen molar-refractivity contribution in [2.75, 3.05) is 5.32 Å². The van der Waals surface area contributed by atoms with Crippen molar-refractivity contribution in [2.24, 2.45) is 5.10 Å². The molecule has 0 aliphatic heterocycles. The van der Waals surface area contributed by atoms with Gasteiger partial charge in [0.25, 0.3) is 0 Å². The van der Waals surface area contributed by atoms with Gasteiger partial charge in [-0.2, -0.15) is 5.10 Å². The van der Waals surface area contributed by atoms with Crippen LogP contribution in [-0.4, -0.2) is 17.5 Å². The molecule has 0 saturated heterocycles. The minimum Gasteiger partial charge on any atom is -0.326 e. The number of hydrazone groups is 1. The number of hydrogen-bond donors (Lipinski definition) is 2. The normalized spacial score (nSPS) is 11.0. The van der Waals surface area contributed by atoms with Crippen molar-refractivity contribution in [3.63, 3.8) is 0 Å². The molecule has 2 N–H and O–H groups in total. The summed E-state index contributed by atoms with van der Waals surface area (Å²) in [7, 11) is 0. The van der Waals surface area contributed by atoms with E-state index < -0.39 is 0 Å². The van der Waals surface area contributed by atoms with Gasteiger partial charge in [-0.1, -0.05) is 30.3 Å². The highest BCUT2D eigenvalue weighted by atomic mass is 127. The average Bonchev–Trinajstić information content (AvgIpc) is 2.61. The number of halogens is 1. The predicted molar refractivity (Wildman–Crippen MR) is 108 cm³/mol. The summed E-state index contributed by atoms with van der Waals surface area (Å²) in [6.45, 7) is 1.86. The van der Waals surface area contributed by atoms with Gasteiger partial charge in [-0.05, 0) is 59.3 Å². The lowest BCUT2D eigenvalue weighted by atomic mass is 10.1. The molecule has 2 aromatic rings. The lowest BCUT2D eigenvalue weighted by Gasteiger charge is -2.05. The first-order valence-corrected chi connectivity index (χ1v) is 9.02. The summed E-state index contributed by atoms with van der Waals surface area (Å²) in [6, 6.07) is 17.4. The molecule has 0 aliphatic carbocycles. The Labute approximate surface area is 161 Å². The van der Waals surface area contributed by atoms with Gasteiger partial charge in [-0.15, -0.1) is 0 Å². The molecule has 25 heavy (non-hydrogen) atoms. The number of amides is 2. The molecule has 2 rings (SSSR count). The van der Waals surface area contributed by atoms with Gasteiger partial charge in [0.15, 0.2) is 0 Å². The summed E-state index contributed by atoms with van der Waals surface area (Å²) in [5, 5.41) is 6.84. The Kier molecular flexibility index (Phi) is 7.59. The summed E-state index contributed by atoms with van der Waals surface area (Å²) in [5.41, 5.74) is 5.16. The van der Waals surface area contributed by atoms with Crippen molar-refractivity contribution in [3.05, 3.63) is 63.7 Å². The van der Waals surface area contributed by atoms with Crippen molar-refractivity contribution in [1.29, 1.82) is 0 Å². The van der Waals surface area contributed by atoms with Crippen LogP contribution in [0.3, 0.4) is 0 Å². The quantitative estimate of drug-likeness (QED) is 0.384. The molecule has 130 valence electrons. The average molecular weight is 449 g/mol. The molecule has 2 amide bonds. The van der Waals surface area contributed by atoms with Gasteiger partial charge in [0, 0.05) is 34.2 Å². The minimum atomic E-state index is -0.273. The van der Waals surface area contributed by atoms with Crippen LogP contribution in [0, 0.1) is 3.57 Å². The molecular formula is C19H20IN3O2. The molecule has 0 fully saturated rings. The van der Waals surface area contributed by atoms with Crippen molar-refractivity contribution in [2.45, 2.75) is 26.2 Å². The summed E-state index contributed by atoms with van der Waals surface area (Å²) >= 11 is 2.20. The van der Waals surface area contributed by atoms with Crippen LogP contribution >= 0.6 is 22.6 Å². The Morgan fingerprint density at radius 3 is 2.28 bits per heavy atom. The fourth-order valence-corrected chi connectivity index (χ4v) is 2.49. The minimum absolute atomic E-state index is 0.0956. The number of benzene rings is 2. The lowest BCUT2D eigenvalue weighted by molar-refractivity contribution is -0.124. The van der Waals surface area contributed by atoms with Gasteiger partial charge in [-0.3, -0.25) is 9.59 Å². The Morgan fingerprint density at radius 2 is 1.60 bits per heavy atom. The third-order valence-corrected chi connectivity index (χ3v) is 4.10. The Morgan fingerprint density at radius 1 is 0.960 bits per heavy atom. The van der Waals surface area contributed by atoms with E-state index in [1.165, 1.54) is 0 Å². The van der Waals surface area contributed by atoms with Gasteiger partial charge < -0.3 is 5.32 Å². The molecular weight excluding hydrogens is 429 g/mol. The van der Waals surface area contributed by atoms with Crippen molar-refractivity contribution < 1.29 is 9.59 Å². The van der Waals surface area contributed by atoms with E-state index in [1.54, 1.807) is 0 Å². The first-order chi connectivity index (χ1) is 12.0. The number of nitrogens with one attached hydrogen (secondary N) is 2. The highest BCUT2D eigenvalue weighted by molar-refractivity contribution is 14.1. The lowest BCUT2D eigenvalue weighted by Crippen LogP contribution is -2.22. The fraction of sp³-hybridized carbons (Fsp3) is 0.211. The van der Waals surface area contributed by atoms with E-state index in [2.05, 4.69) is 38.4 Å². The van der Waals surface area contributed by atoms with Crippen molar-refractivity contribution >= 4 is 45.8 Å².